The van der Waals surface area contributed by atoms with E-state index in [-0.39, 0.29) is 17.5 Å². The molecule has 30 heavy (non-hydrogen) atoms. The Morgan fingerprint density at radius 1 is 1.03 bits per heavy atom. The van der Waals surface area contributed by atoms with Crippen molar-refractivity contribution in [3.05, 3.63) is 68.7 Å². The molecule has 0 aromatic heterocycles. The van der Waals surface area contributed by atoms with Gasteiger partial charge < -0.3 is 14.7 Å². The lowest BCUT2D eigenvalue weighted by atomic mass is 9.76. The molecule has 0 aliphatic heterocycles. The van der Waals surface area contributed by atoms with Crippen LogP contribution in [-0.2, 0) is 4.74 Å². The van der Waals surface area contributed by atoms with Gasteiger partial charge in [0.25, 0.3) is 0 Å². The molecule has 1 aliphatic rings. The molecule has 5 nitrogen and oxygen atoms in total. The molecule has 0 saturated heterocycles. The molecule has 1 N–H and O–H groups in total. The highest BCUT2D eigenvalue weighted by Gasteiger charge is 2.34. The van der Waals surface area contributed by atoms with Crippen LogP contribution in [0.4, 0.5) is 4.79 Å². The predicted octanol–water partition coefficient (Wildman–Crippen LogP) is 6.53. The molecule has 7 heteroatoms. The van der Waals surface area contributed by atoms with E-state index in [1.165, 1.54) is 0 Å². The summed E-state index contributed by atoms with van der Waals surface area (Å²) in [5.74, 6) is -1.04. The summed E-state index contributed by atoms with van der Waals surface area (Å²) < 4.78 is 5.53. The molecule has 0 saturated carbocycles. The number of hydrogen-bond acceptors (Lipinski definition) is 3. The van der Waals surface area contributed by atoms with Gasteiger partial charge in [0.15, 0.2) is 0 Å². The fourth-order valence-electron chi connectivity index (χ4n) is 3.89. The molecule has 0 radical (unpaired) electrons. The molecule has 2 aromatic carbocycles. The maximum atomic E-state index is 12.7. The topological polar surface area (TPSA) is 66.8 Å². The van der Waals surface area contributed by atoms with Crippen molar-refractivity contribution < 1.29 is 19.4 Å². The summed E-state index contributed by atoms with van der Waals surface area (Å²) in [5.41, 5.74) is 2.36. The zero-order valence-electron chi connectivity index (χ0n) is 17.4. The molecular weight excluding hydrogens is 425 g/mol. The van der Waals surface area contributed by atoms with Crippen LogP contribution in [0.15, 0.2) is 36.4 Å². The Kier molecular flexibility index (Phi) is 6.34. The number of carboxylic acid groups (broad SMARTS) is 1. The van der Waals surface area contributed by atoms with E-state index in [1.807, 2.05) is 32.9 Å². The number of carbonyl (C=O) groups is 2. The van der Waals surface area contributed by atoms with Crippen molar-refractivity contribution in [2.45, 2.75) is 51.2 Å². The lowest BCUT2D eigenvalue weighted by molar-refractivity contribution is 0.0202. The molecule has 2 atom stereocenters. The lowest BCUT2D eigenvalue weighted by Gasteiger charge is -2.37. The summed E-state index contributed by atoms with van der Waals surface area (Å²) in [6.45, 7) is 5.48. The Hall–Kier alpha value is -2.24. The lowest BCUT2D eigenvalue weighted by Crippen LogP contribution is -2.38. The summed E-state index contributed by atoms with van der Waals surface area (Å²) in [7, 11) is 1.72. The number of hydrogen-bond donors (Lipinski definition) is 1. The van der Waals surface area contributed by atoms with Crippen molar-refractivity contribution in [1.29, 1.82) is 0 Å². The van der Waals surface area contributed by atoms with E-state index in [0.717, 1.165) is 23.1 Å². The van der Waals surface area contributed by atoms with E-state index in [2.05, 4.69) is 0 Å². The fourth-order valence-corrected chi connectivity index (χ4v) is 4.19. The summed E-state index contributed by atoms with van der Waals surface area (Å²) >= 11 is 12.3. The Balaban J connectivity index is 2.03. The number of amides is 1. The van der Waals surface area contributed by atoms with Crippen LogP contribution < -0.4 is 0 Å². The molecular formula is C23H25Cl2NO4. The van der Waals surface area contributed by atoms with Crippen LogP contribution in [0.3, 0.4) is 0 Å². The van der Waals surface area contributed by atoms with Crippen LogP contribution in [-0.4, -0.2) is 34.7 Å². The summed E-state index contributed by atoms with van der Waals surface area (Å²) in [5, 5.41) is 10.4. The van der Waals surface area contributed by atoms with Crippen molar-refractivity contribution in [2.75, 3.05) is 7.05 Å². The van der Waals surface area contributed by atoms with Gasteiger partial charge in [-0.25, -0.2) is 9.59 Å². The van der Waals surface area contributed by atoms with Gasteiger partial charge in [-0.3, -0.25) is 0 Å². The average molecular weight is 450 g/mol. The quantitative estimate of drug-likeness (QED) is 0.578. The number of ether oxygens (including phenoxy) is 1. The highest BCUT2D eigenvalue weighted by molar-refractivity contribution is 6.42. The molecule has 1 amide bonds. The van der Waals surface area contributed by atoms with Crippen molar-refractivity contribution in [3.8, 4) is 0 Å². The van der Waals surface area contributed by atoms with Gasteiger partial charge in [0.1, 0.15) is 5.60 Å². The highest BCUT2D eigenvalue weighted by atomic mass is 35.5. The molecule has 2 aromatic rings. The van der Waals surface area contributed by atoms with Gasteiger partial charge in [-0.15, -0.1) is 0 Å². The minimum Gasteiger partial charge on any atom is -0.478 e. The Morgan fingerprint density at radius 2 is 1.73 bits per heavy atom. The van der Waals surface area contributed by atoms with Crippen LogP contribution in [0.1, 0.15) is 72.6 Å². The smallest absolute Gasteiger partial charge is 0.410 e. The first-order chi connectivity index (χ1) is 14.0. The van der Waals surface area contributed by atoms with Gasteiger partial charge in [-0.2, -0.15) is 0 Å². The molecule has 3 rings (SSSR count). The number of benzene rings is 2. The van der Waals surface area contributed by atoms with Gasteiger partial charge >= 0.3 is 12.1 Å². The minimum absolute atomic E-state index is 0.0441. The van der Waals surface area contributed by atoms with E-state index in [9.17, 15) is 14.7 Å². The summed E-state index contributed by atoms with van der Waals surface area (Å²) in [6, 6.07) is 10.3. The SMILES string of the molecule is CN(C(=O)OC(C)(C)C)C1CCC(c2ccc(Cl)c(Cl)c2)c2cc(C(=O)O)ccc21. The van der Waals surface area contributed by atoms with E-state index in [0.29, 0.717) is 16.5 Å². The second-order valence-corrected chi connectivity index (χ2v) is 9.37. The number of halogens is 2. The Bertz CT molecular complexity index is 984. The predicted molar refractivity (Wildman–Crippen MR) is 118 cm³/mol. The molecule has 160 valence electrons. The van der Waals surface area contributed by atoms with Crippen LogP contribution in [0.25, 0.3) is 0 Å². The zero-order valence-corrected chi connectivity index (χ0v) is 18.9. The molecule has 0 spiro atoms. The van der Waals surface area contributed by atoms with Crippen molar-refractivity contribution >= 4 is 35.3 Å². The fraction of sp³-hybridized carbons (Fsp3) is 0.391. The maximum absolute atomic E-state index is 12.7. The third-order valence-corrected chi connectivity index (χ3v) is 6.03. The van der Waals surface area contributed by atoms with Crippen molar-refractivity contribution in [3.63, 3.8) is 0 Å². The first-order valence-corrected chi connectivity index (χ1v) is 10.5. The largest absolute Gasteiger partial charge is 0.478 e. The maximum Gasteiger partial charge on any atom is 0.410 e. The minimum atomic E-state index is -0.992. The number of carbonyl (C=O) groups excluding carboxylic acids is 1. The van der Waals surface area contributed by atoms with E-state index in [1.54, 1.807) is 36.2 Å². The zero-order chi connectivity index (χ0) is 22.2. The molecule has 0 bridgehead atoms. The van der Waals surface area contributed by atoms with Crippen molar-refractivity contribution in [2.24, 2.45) is 0 Å². The number of aromatic carboxylic acids is 1. The number of rotatable bonds is 3. The molecule has 2 unspecified atom stereocenters. The summed E-state index contributed by atoms with van der Waals surface area (Å²) in [6.07, 6.45) is 1.03. The monoisotopic (exact) mass is 449 g/mol. The number of fused-ring (bicyclic) bond motifs is 1. The Labute approximate surface area is 186 Å². The van der Waals surface area contributed by atoms with E-state index >= 15 is 0 Å². The van der Waals surface area contributed by atoms with Gasteiger partial charge in [0.05, 0.1) is 21.7 Å². The van der Waals surface area contributed by atoms with Gasteiger partial charge in [-0.1, -0.05) is 35.3 Å². The van der Waals surface area contributed by atoms with Gasteiger partial charge in [0, 0.05) is 13.0 Å². The number of nitrogens with zero attached hydrogens (tertiary/aromatic N) is 1. The molecule has 0 heterocycles. The highest BCUT2D eigenvalue weighted by Crippen LogP contribution is 2.44. The molecule has 1 aliphatic carbocycles. The Morgan fingerprint density at radius 3 is 2.33 bits per heavy atom. The van der Waals surface area contributed by atoms with Crippen LogP contribution in [0, 0.1) is 0 Å². The molecule has 0 fully saturated rings. The van der Waals surface area contributed by atoms with E-state index in [4.69, 9.17) is 27.9 Å². The van der Waals surface area contributed by atoms with Crippen LogP contribution >= 0.6 is 23.2 Å². The first-order valence-electron chi connectivity index (χ1n) is 9.76. The second-order valence-electron chi connectivity index (χ2n) is 8.56. The standard InChI is InChI=1S/C23H25Cl2NO4/c1-23(2,3)30-22(29)26(4)20-10-8-15(13-6-9-18(24)19(25)12-13)17-11-14(21(27)28)5-7-16(17)20/h5-7,9,11-12,15,20H,8,10H2,1-4H3,(H,27,28). The first kappa shape index (κ1) is 22.4. The van der Waals surface area contributed by atoms with E-state index < -0.39 is 17.7 Å². The van der Waals surface area contributed by atoms with Crippen LogP contribution in [0.2, 0.25) is 10.0 Å². The van der Waals surface area contributed by atoms with Gasteiger partial charge in [-0.05, 0) is 74.6 Å². The summed E-state index contributed by atoms with van der Waals surface area (Å²) in [4.78, 5) is 25.8. The van der Waals surface area contributed by atoms with Gasteiger partial charge in [0.2, 0.25) is 0 Å². The van der Waals surface area contributed by atoms with Crippen molar-refractivity contribution in [1.82, 2.24) is 4.90 Å². The third-order valence-electron chi connectivity index (χ3n) is 5.29. The normalized spacial score (nSPS) is 18.5. The van der Waals surface area contributed by atoms with Crippen LogP contribution in [0.5, 0.6) is 0 Å². The average Bonchev–Trinajstić information content (AvgIpc) is 2.67. The second kappa shape index (κ2) is 8.48. The third kappa shape index (κ3) is 4.73. The number of carboxylic acids is 1.